The molecule has 0 bridgehead atoms. The molecule has 1 fully saturated rings. The lowest BCUT2D eigenvalue weighted by Gasteiger charge is -2.31. The van der Waals surface area contributed by atoms with Crippen LogP contribution in [-0.2, 0) is 14.3 Å². The van der Waals surface area contributed by atoms with Gasteiger partial charge in [-0.05, 0) is 33.2 Å². The predicted molar refractivity (Wildman–Crippen MR) is 69.1 cm³/mol. The van der Waals surface area contributed by atoms with Crippen molar-refractivity contribution in [3.8, 4) is 0 Å². The Bertz CT molecular complexity index is 281. The number of hydrogen-bond acceptors (Lipinski definition) is 4. The van der Waals surface area contributed by atoms with E-state index in [0.29, 0.717) is 19.6 Å². The van der Waals surface area contributed by atoms with Crippen LogP contribution < -0.4 is 5.32 Å². The largest absolute Gasteiger partial charge is 0.466 e. The maximum Gasteiger partial charge on any atom is 0.310 e. The molecule has 5 heteroatoms. The van der Waals surface area contributed by atoms with Crippen molar-refractivity contribution in [3.05, 3.63) is 0 Å². The van der Waals surface area contributed by atoms with Crippen LogP contribution in [0.2, 0.25) is 0 Å². The minimum absolute atomic E-state index is 0.0204. The zero-order valence-corrected chi connectivity index (χ0v) is 11.4. The quantitative estimate of drug-likeness (QED) is 0.714. The van der Waals surface area contributed by atoms with Crippen LogP contribution in [0.15, 0.2) is 0 Å². The first-order chi connectivity index (χ1) is 8.67. The molecule has 0 unspecified atom stereocenters. The van der Waals surface area contributed by atoms with E-state index in [4.69, 9.17) is 4.74 Å². The second kappa shape index (κ2) is 8.08. The molecule has 1 aliphatic rings. The molecule has 0 spiro atoms. The minimum Gasteiger partial charge on any atom is -0.466 e. The highest BCUT2D eigenvalue weighted by Crippen LogP contribution is 2.17. The molecule has 1 heterocycles. The van der Waals surface area contributed by atoms with Gasteiger partial charge in [0.2, 0.25) is 5.91 Å². The number of ether oxygens (including phenoxy) is 1. The Labute approximate surface area is 109 Å². The molecule has 5 nitrogen and oxygen atoms in total. The van der Waals surface area contributed by atoms with Gasteiger partial charge in [0.05, 0.1) is 12.5 Å². The highest BCUT2D eigenvalue weighted by molar-refractivity contribution is 5.76. The fraction of sp³-hybridized carbons (Fsp3) is 0.846. The van der Waals surface area contributed by atoms with Crippen molar-refractivity contribution in [2.75, 3.05) is 32.8 Å². The number of amides is 1. The van der Waals surface area contributed by atoms with Gasteiger partial charge in [-0.15, -0.1) is 0 Å². The Morgan fingerprint density at radius 3 is 2.83 bits per heavy atom. The first-order valence-electron chi connectivity index (χ1n) is 6.83. The van der Waals surface area contributed by atoms with Crippen LogP contribution in [0.4, 0.5) is 0 Å². The molecule has 18 heavy (non-hydrogen) atoms. The minimum atomic E-state index is -0.0970. The summed E-state index contributed by atoms with van der Waals surface area (Å²) in [6, 6.07) is 0. The highest BCUT2D eigenvalue weighted by Gasteiger charge is 2.26. The first-order valence-corrected chi connectivity index (χ1v) is 6.83. The molecule has 0 aromatic rings. The van der Waals surface area contributed by atoms with Gasteiger partial charge in [0, 0.05) is 26.1 Å². The van der Waals surface area contributed by atoms with Gasteiger partial charge in [-0.3, -0.25) is 9.59 Å². The van der Waals surface area contributed by atoms with Crippen molar-refractivity contribution in [2.24, 2.45) is 5.92 Å². The molecule has 0 radical (unpaired) electrons. The van der Waals surface area contributed by atoms with Crippen molar-refractivity contribution in [3.63, 3.8) is 0 Å². The molecule has 1 aliphatic heterocycles. The zero-order valence-electron chi connectivity index (χ0n) is 11.4. The molecule has 0 aromatic carbocycles. The highest BCUT2D eigenvalue weighted by atomic mass is 16.5. The Morgan fingerprint density at radius 1 is 1.39 bits per heavy atom. The maximum absolute atomic E-state index is 11.7. The summed E-state index contributed by atoms with van der Waals surface area (Å²) in [7, 11) is 0. The van der Waals surface area contributed by atoms with E-state index in [1.807, 2.05) is 13.8 Å². The second-order valence-electron chi connectivity index (χ2n) is 4.60. The number of rotatable bonds is 6. The lowest BCUT2D eigenvalue weighted by molar-refractivity contribution is -0.149. The summed E-state index contributed by atoms with van der Waals surface area (Å²) < 4.78 is 5.05. The predicted octanol–water partition coefficient (Wildman–Crippen LogP) is 0.788. The van der Waals surface area contributed by atoms with Gasteiger partial charge in [-0.2, -0.15) is 0 Å². The Hall–Kier alpha value is -1.10. The molecule has 0 saturated carbocycles. The maximum atomic E-state index is 11.7. The van der Waals surface area contributed by atoms with E-state index in [0.717, 1.165) is 32.5 Å². The molecule has 1 saturated heterocycles. The van der Waals surface area contributed by atoms with Crippen LogP contribution in [0.1, 0.15) is 33.1 Å². The number of nitrogens with zero attached hydrogens (tertiary/aromatic N) is 1. The third-order valence-corrected chi connectivity index (χ3v) is 3.15. The van der Waals surface area contributed by atoms with Crippen LogP contribution in [-0.4, -0.2) is 49.6 Å². The van der Waals surface area contributed by atoms with Crippen molar-refractivity contribution < 1.29 is 14.3 Å². The van der Waals surface area contributed by atoms with Gasteiger partial charge >= 0.3 is 5.97 Å². The van der Waals surface area contributed by atoms with Crippen LogP contribution >= 0.6 is 0 Å². The summed E-state index contributed by atoms with van der Waals surface area (Å²) in [6.45, 7) is 7.26. The van der Waals surface area contributed by atoms with Gasteiger partial charge in [-0.25, -0.2) is 0 Å². The van der Waals surface area contributed by atoms with E-state index in [1.165, 1.54) is 0 Å². The molecule has 0 aromatic heterocycles. The van der Waals surface area contributed by atoms with E-state index in [9.17, 15) is 9.59 Å². The topological polar surface area (TPSA) is 58.6 Å². The van der Waals surface area contributed by atoms with E-state index < -0.39 is 0 Å². The third-order valence-electron chi connectivity index (χ3n) is 3.15. The van der Waals surface area contributed by atoms with E-state index >= 15 is 0 Å². The fourth-order valence-corrected chi connectivity index (χ4v) is 2.26. The van der Waals surface area contributed by atoms with Crippen LogP contribution in [0.3, 0.4) is 0 Å². The summed E-state index contributed by atoms with van der Waals surface area (Å²) in [5.74, 6) is -0.0381. The molecular weight excluding hydrogens is 232 g/mol. The summed E-state index contributed by atoms with van der Waals surface area (Å²) in [6.07, 6.45) is 2.40. The molecule has 1 atom stereocenters. The van der Waals surface area contributed by atoms with Gasteiger partial charge < -0.3 is 15.0 Å². The summed E-state index contributed by atoms with van der Waals surface area (Å²) in [4.78, 5) is 25.2. The second-order valence-corrected chi connectivity index (χ2v) is 4.60. The van der Waals surface area contributed by atoms with Gasteiger partial charge in [0.1, 0.15) is 0 Å². The average Bonchev–Trinajstić information content (AvgIpc) is 2.37. The number of piperidine rings is 1. The van der Waals surface area contributed by atoms with Crippen LogP contribution in [0.5, 0.6) is 0 Å². The summed E-state index contributed by atoms with van der Waals surface area (Å²) in [5.41, 5.74) is 0. The number of carbonyl (C=O) groups excluding carboxylic acids is 2. The van der Waals surface area contributed by atoms with Crippen molar-refractivity contribution in [1.29, 1.82) is 0 Å². The summed E-state index contributed by atoms with van der Waals surface area (Å²) >= 11 is 0. The molecular formula is C13H24N2O3. The SMILES string of the molecule is CCNC(=O)CCN1CCC[C@H](C(=O)OCC)C1. The molecule has 1 rings (SSSR count). The van der Waals surface area contributed by atoms with Gasteiger partial charge in [0.15, 0.2) is 0 Å². The summed E-state index contributed by atoms with van der Waals surface area (Å²) in [5, 5.41) is 2.78. The average molecular weight is 256 g/mol. The molecule has 0 aliphatic carbocycles. The van der Waals surface area contributed by atoms with Gasteiger partial charge in [-0.1, -0.05) is 0 Å². The smallest absolute Gasteiger partial charge is 0.310 e. The number of nitrogens with one attached hydrogen (secondary N) is 1. The molecule has 1 N–H and O–H groups in total. The zero-order chi connectivity index (χ0) is 13.4. The van der Waals surface area contributed by atoms with Crippen LogP contribution in [0.25, 0.3) is 0 Å². The van der Waals surface area contributed by atoms with E-state index in [2.05, 4.69) is 10.2 Å². The third kappa shape index (κ3) is 5.04. The number of carbonyl (C=O) groups is 2. The monoisotopic (exact) mass is 256 g/mol. The standard InChI is InChI=1S/C13H24N2O3/c1-3-14-12(16)7-9-15-8-5-6-11(10-15)13(17)18-4-2/h11H,3-10H2,1-2H3,(H,14,16)/t11-/m0/s1. The van der Waals surface area contributed by atoms with Crippen LogP contribution in [0, 0.1) is 5.92 Å². The van der Waals surface area contributed by atoms with Crippen molar-refractivity contribution in [2.45, 2.75) is 33.1 Å². The first kappa shape index (κ1) is 15.0. The lowest BCUT2D eigenvalue weighted by atomic mass is 9.98. The Morgan fingerprint density at radius 2 is 2.17 bits per heavy atom. The normalized spacial score (nSPS) is 20.4. The Kier molecular flexibility index (Phi) is 6.72. The van der Waals surface area contributed by atoms with Gasteiger partial charge in [0.25, 0.3) is 0 Å². The number of hydrogen-bond donors (Lipinski definition) is 1. The molecule has 1 amide bonds. The number of esters is 1. The molecule has 104 valence electrons. The fourth-order valence-electron chi connectivity index (χ4n) is 2.26. The van der Waals surface area contributed by atoms with Crippen molar-refractivity contribution >= 4 is 11.9 Å². The van der Waals surface area contributed by atoms with E-state index in [1.54, 1.807) is 0 Å². The Balaban J connectivity index is 2.30. The number of likely N-dealkylation sites (tertiary alicyclic amines) is 1. The van der Waals surface area contributed by atoms with E-state index in [-0.39, 0.29) is 17.8 Å². The van der Waals surface area contributed by atoms with Crippen molar-refractivity contribution in [1.82, 2.24) is 10.2 Å². The lowest BCUT2D eigenvalue weighted by Crippen LogP contribution is -2.41.